The molecule has 1 atom stereocenters. The molecule has 1 saturated heterocycles. The van der Waals surface area contributed by atoms with E-state index in [9.17, 15) is 4.79 Å². The van der Waals surface area contributed by atoms with Crippen LogP contribution in [0.5, 0.6) is 0 Å². The van der Waals surface area contributed by atoms with Gasteiger partial charge in [0.2, 0.25) is 5.91 Å². The Morgan fingerprint density at radius 3 is 2.75 bits per heavy atom. The van der Waals surface area contributed by atoms with Gasteiger partial charge in [0.25, 0.3) is 0 Å². The molecule has 1 aromatic carbocycles. The van der Waals surface area contributed by atoms with E-state index in [0.29, 0.717) is 19.8 Å². The molecule has 20 heavy (non-hydrogen) atoms. The number of rotatable bonds is 4. The SMILES string of the molecule is CN(Cc1ccccc1Br)C(=O)C(N)C1CCOCC1. The molecule has 4 nitrogen and oxygen atoms in total. The molecule has 110 valence electrons. The van der Waals surface area contributed by atoms with Gasteiger partial charge < -0.3 is 15.4 Å². The monoisotopic (exact) mass is 340 g/mol. The Bertz CT molecular complexity index is 461. The lowest BCUT2D eigenvalue weighted by atomic mass is 9.91. The summed E-state index contributed by atoms with van der Waals surface area (Å²) in [6.07, 6.45) is 1.74. The molecule has 1 unspecified atom stereocenters. The average Bonchev–Trinajstić information content (AvgIpc) is 2.49. The molecule has 1 fully saturated rings. The zero-order valence-electron chi connectivity index (χ0n) is 11.7. The van der Waals surface area contributed by atoms with Gasteiger partial charge in [-0.3, -0.25) is 4.79 Å². The van der Waals surface area contributed by atoms with Crippen molar-refractivity contribution in [3.05, 3.63) is 34.3 Å². The quantitative estimate of drug-likeness (QED) is 0.913. The fraction of sp³-hybridized carbons (Fsp3) is 0.533. The van der Waals surface area contributed by atoms with Crippen LogP contribution in [-0.2, 0) is 16.1 Å². The van der Waals surface area contributed by atoms with E-state index in [1.807, 2.05) is 24.3 Å². The lowest BCUT2D eigenvalue weighted by Gasteiger charge is -2.30. The number of likely N-dealkylation sites (N-methyl/N-ethyl adjacent to an activating group) is 1. The zero-order chi connectivity index (χ0) is 14.5. The van der Waals surface area contributed by atoms with Crippen molar-refractivity contribution >= 4 is 21.8 Å². The second-order valence-electron chi connectivity index (χ2n) is 5.26. The van der Waals surface area contributed by atoms with Crippen molar-refractivity contribution in [2.24, 2.45) is 11.7 Å². The van der Waals surface area contributed by atoms with Crippen molar-refractivity contribution in [2.45, 2.75) is 25.4 Å². The normalized spacial score (nSPS) is 17.8. The molecule has 1 heterocycles. The number of hydrogen-bond acceptors (Lipinski definition) is 3. The molecule has 2 N–H and O–H groups in total. The summed E-state index contributed by atoms with van der Waals surface area (Å²) < 4.78 is 6.33. The van der Waals surface area contributed by atoms with Crippen molar-refractivity contribution in [3.63, 3.8) is 0 Å². The largest absolute Gasteiger partial charge is 0.381 e. The van der Waals surface area contributed by atoms with Gasteiger partial charge >= 0.3 is 0 Å². The summed E-state index contributed by atoms with van der Waals surface area (Å²) >= 11 is 3.50. The summed E-state index contributed by atoms with van der Waals surface area (Å²) in [7, 11) is 1.81. The Morgan fingerprint density at radius 2 is 2.10 bits per heavy atom. The van der Waals surface area contributed by atoms with Gasteiger partial charge in [0.1, 0.15) is 0 Å². The van der Waals surface area contributed by atoms with Crippen molar-refractivity contribution in [3.8, 4) is 0 Å². The molecule has 0 aromatic heterocycles. The van der Waals surface area contributed by atoms with Crippen LogP contribution < -0.4 is 5.73 Å². The number of carbonyl (C=O) groups excluding carboxylic acids is 1. The van der Waals surface area contributed by atoms with Crippen LogP contribution in [0.3, 0.4) is 0 Å². The van der Waals surface area contributed by atoms with Crippen LogP contribution in [0.1, 0.15) is 18.4 Å². The number of ether oxygens (including phenoxy) is 1. The summed E-state index contributed by atoms with van der Waals surface area (Å²) in [5.74, 6) is 0.241. The second-order valence-corrected chi connectivity index (χ2v) is 6.12. The number of benzene rings is 1. The van der Waals surface area contributed by atoms with Crippen LogP contribution in [0.2, 0.25) is 0 Å². The van der Waals surface area contributed by atoms with E-state index in [1.165, 1.54) is 0 Å². The number of halogens is 1. The maximum absolute atomic E-state index is 12.4. The average molecular weight is 341 g/mol. The summed E-state index contributed by atoms with van der Waals surface area (Å²) in [5, 5.41) is 0. The lowest BCUT2D eigenvalue weighted by molar-refractivity contribution is -0.133. The molecular formula is C15H21BrN2O2. The highest BCUT2D eigenvalue weighted by Gasteiger charge is 2.28. The van der Waals surface area contributed by atoms with Crippen molar-refractivity contribution in [2.75, 3.05) is 20.3 Å². The predicted octanol–water partition coefficient (Wildman–Crippen LogP) is 2.16. The highest BCUT2D eigenvalue weighted by atomic mass is 79.9. The number of nitrogens with zero attached hydrogens (tertiary/aromatic N) is 1. The molecule has 2 rings (SSSR count). The van der Waals surface area contributed by atoms with E-state index in [0.717, 1.165) is 22.9 Å². The third-order valence-corrected chi connectivity index (χ3v) is 4.57. The highest BCUT2D eigenvalue weighted by Crippen LogP contribution is 2.21. The second kappa shape index (κ2) is 7.20. The van der Waals surface area contributed by atoms with Gasteiger partial charge in [-0.05, 0) is 30.4 Å². The number of nitrogens with two attached hydrogens (primary N) is 1. The van der Waals surface area contributed by atoms with Crippen molar-refractivity contribution in [1.29, 1.82) is 0 Å². The van der Waals surface area contributed by atoms with E-state index < -0.39 is 6.04 Å². The van der Waals surface area contributed by atoms with Crippen LogP contribution in [0.15, 0.2) is 28.7 Å². The summed E-state index contributed by atoms with van der Waals surface area (Å²) in [4.78, 5) is 14.1. The molecule has 1 aliphatic rings. The van der Waals surface area contributed by atoms with Gasteiger partial charge in [-0.15, -0.1) is 0 Å². The van der Waals surface area contributed by atoms with Gasteiger partial charge in [0.15, 0.2) is 0 Å². The summed E-state index contributed by atoms with van der Waals surface area (Å²) in [6, 6.07) is 7.49. The van der Waals surface area contributed by atoms with Gasteiger partial charge in [-0.1, -0.05) is 34.1 Å². The molecular weight excluding hydrogens is 320 g/mol. The van der Waals surface area contributed by atoms with Gasteiger partial charge in [0, 0.05) is 31.3 Å². The summed E-state index contributed by atoms with van der Waals surface area (Å²) in [5.41, 5.74) is 7.21. The Balaban J connectivity index is 1.96. The maximum atomic E-state index is 12.4. The molecule has 0 aliphatic carbocycles. The Kier molecular flexibility index (Phi) is 5.57. The molecule has 1 aliphatic heterocycles. The molecule has 0 saturated carbocycles. The lowest BCUT2D eigenvalue weighted by Crippen LogP contribution is -2.47. The van der Waals surface area contributed by atoms with Crippen LogP contribution in [0.25, 0.3) is 0 Å². The number of hydrogen-bond donors (Lipinski definition) is 1. The first-order valence-corrected chi connectivity index (χ1v) is 7.70. The van der Waals surface area contributed by atoms with E-state index >= 15 is 0 Å². The Labute approximate surface area is 128 Å². The molecule has 0 spiro atoms. The van der Waals surface area contributed by atoms with E-state index in [1.54, 1.807) is 11.9 Å². The molecule has 1 amide bonds. The van der Waals surface area contributed by atoms with E-state index in [2.05, 4.69) is 15.9 Å². The molecule has 0 radical (unpaired) electrons. The topological polar surface area (TPSA) is 55.6 Å². The summed E-state index contributed by atoms with van der Waals surface area (Å²) in [6.45, 7) is 1.98. The molecule has 0 bridgehead atoms. The molecule has 1 aromatic rings. The fourth-order valence-electron chi connectivity index (χ4n) is 2.49. The first kappa shape index (κ1) is 15.5. The van der Waals surface area contributed by atoms with Gasteiger partial charge in [-0.25, -0.2) is 0 Å². The predicted molar refractivity (Wildman–Crippen MR) is 82.1 cm³/mol. The number of amides is 1. The van der Waals surface area contributed by atoms with Crippen molar-refractivity contribution < 1.29 is 9.53 Å². The smallest absolute Gasteiger partial charge is 0.239 e. The van der Waals surface area contributed by atoms with Crippen LogP contribution in [0, 0.1) is 5.92 Å². The minimum atomic E-state index is -0.425. The fourth-order valence-corrected chi connectivity index (χ4v) is 2.90. The third-order valence-electron chi connectivity index (χ3n) is 3.80. The maximum Gasteiger partial charge on any atom is 0.239 e. The highest BCUT2D eigenvalue weighted by molar-refractivity contribution is 9.10. The van der Waals surface area contributed by atoms with Crippen LogP contribution >= 0.6 is 15.9 Å². The van der Waals surface area contributed by atoms with Gasteiger partial charge in [0.05, 0.1) is 6.04 Å². The first-order valence-electron chi connectivity index (χ1n) is 6.91. The third kappa shape index (κ3) is 3.81. The van der Waals surface area contributed by atoms with Crippen LogP contribution in [0.4, 0.5) is 0 Å². The zero-order valence-corrected chi connectivity index (χ0v) is 13.3. The van der Waals surface area contributed by atoms with Crippen LogP contribution in [-0.4, -0.2) is 37.1 Å². The standard InChI is InChI=1S/C15H21BrN2O2/c1-18(10-12-4-2-3-5-13(12)16)15(19)14(17)11-6-8-20-9-7-11/h2-5,11,14H,6-10,17H2,1H3. The minimum Gasteiger partial charge on any atom is -0.381 e. The number of carbonyl (C=O) groups is 1. The Hall–Kier alpha value is -0.910. The van der Waals surface area contributed by atoms with Crippen molar-refractivity contribution in [1.82, 2.24) is 4.90 Å². The van der Waals surface area contributed by atoms with E-state index in [-0.39, 0.29) is 11.8 Å². The minimum absolute atomic E-state index is 0.00709. The van der Waals surface area contributed by atoms with E-state index in [4.69, 9.17) is 10.5 Å². The molecule has 5 heteroatoms. The Morgan fingerprint density at radius 1 is 1.45 bits per heavy atom. The van der Waals surface area contributed by atoms with Gasteiger partial charge in [-0.2, -0.15) is 0 Å². The first-order chi connectivity index (χ1) is 9.59.